The molecule has 128 valence electrons. The predicted molar refractivity (Wildman–Crippen MR) is 92.8 cm³/mol. The van der Waals surface area contributed by atoms with Gasteiger partial charge in [-0.1, -0.05) is 29.8 Å². The maximum Gasteiger partial charge on any atom is 0.316 e. The lowest BCUT2D eigenvalue weighted by atomic mass is 10.1. The minimum absolute atomic E-state index is 0.124. The summed E-state index contributed by atoms with van der Waals surface area (Å²) in [6, 6.07) is 9.64. The number of halogens is 1. The van der Waals surface area contributed by atoms with E-state index in [4.69, 9.17) is 20.8 Å². The summed E-state index contributed by atoms with van der Waals surface area (Å²) in [7, 11) is 0. The summed E-state index contributed by atoms with van der Waals surface area (Å²) in [4.78, 5) is 22.6. The highest BCUT2D eigenvalue weighted by Gasteiger charge is 2.28. The summed E-state index contributed by atoms with van der Waals surface area (Å²) in [6.45, 7) is 1.15. The van der Waals surface area contributed by atoms with Gasteiger partial charge in [0, 0.05) is 11.9 Å². The van der Waals surface area contributed by atoms with Crippen molar-refractivity contribution in [3.8, 4) is 6.01 Å². The van der Waals surface area contributed by atoms with Crippen LogP contribution in [0.25, 0.3) is 11.0 Å². The number of ether oxygens (including phenoxy) is 1. The number of carbonyl (C=O) groups excluding carboxylic acids is 1. The van der Waals surface area contributed by atoms with Gasteiger partial charge < -0.3 is 14.1 Å². The zero-order valence-corrected chi connectivity index (χ0v) is 14.1. The molecule has 0 radical (unpaired) electrons. The van der Waals surface area contributed by atoms with Gasteiger partial charge in [0.25, 0.3) is 5.91 Å². The Bertz CT molecular complexity index is 861. The van der Waals surface area contributed by atoms with E-state index in [1.165, 1.54) is 12.4 Å². The van der Waals surface area contributed by atoms with Crippen LogP contribution < -0.4 is 4.74 Å². The Balaban J connectivity index is 1.46. The van der Waals surface area contributed by atoms with Crippen LogP contribution in [0.5, 0.6) is 6.01 Å². The molecule has 1 aromatic carbocycles. The summed E-state index contributed by atoms with van der Waals surface area (Å²) in [5.41, 5.74) is 0.713. The number of fused-ring (bicyclic) bond motifs is 1. The van der Waals surface area contributed by atoms with Gasteiger partial charge in [0.15, 0.2) is 5.76 Å². The van der Waals surface area contributed by atoms with Crippen molar-refractivity contribution in [2.24, 2.45) is 0 Å². The number of para-hydroxylation sites is 1. The zero-order chi connectivity index (χ0) is 17.2. The van der Waals surface area contributed by atoms with Crippen LogP contribution in [-0.2, 0) is 0 Å². The van der Waals surface area contributed by atoms with E-state index in [0.717, 1.165) is 18.2 Å². The van der Waals surface area contributed by atoms with Crippen molar-refractivity contribution in [2.45, 2.75) is 18.9 Å². The third-order valence-electron chi connectivity index (χ3n) is 4.17. The fourth-order valence-electron chi connectivity index (χ4n) is 2.97. The monoisotopic (exact) mass is 357 g/mol. The van der Waals surface area contributed by atoms with Crippen LogP contribution in [0, 0.1) is 0 Å². The maximum absolute atomic E-state index is 12.7. The SMILES string of the molecule is O=C(c1cc2ccccc2o1)N1CCCC(Oc2ncc(Cl)cn2)C1. The summed E-state index contributed by atoms with van der Waals surface area (Å²) in [5, 5.41) is 1.38. The summed E-state index contributed by atoms with van der Waals surface area (Å²) >= 11 is 5.78. The number of rotatable bonds is 3. The molecule has 1 aliphatic heterocycles. The first-order chi connectivity index (χ1) is 12.2. The first-order valence-electron chi connectivity index (χ1n) is 8.11. The quantitative estimate of drug-likeness (QED) is 0.717. The number of carbonyl (C=O) groups is 1. The van der Waals surface area contributed by atoms with E-state index < -0.39 is 0 Å². The van der Waals surface area contributed by atoms with Crippen LogP contribution in [0.2, 0.25) is 5.02 Å². The molecule has 0 N–H and O–H groups in total. The van der Waals surface area contributed by atoms with Gasteiger partial charge in [-0.05, 0) is 25.0 Å². The van der Waals surface area contributed by atoms with Crippen molar-refractivity contribution in [3.63, 3.8) is 0 Å². The van der Waals surface area contributed by atoms with Crippen molar-refractivity contribution >= 4 is 28.5 Å². The lowest BCUT2D eigenvalue weighted by Gasteiger charge is -2.31. The highest BCUT2D eigenvalue weighted by atomic mass is 35.5. The predicted octanol–water partition coefficient (Wildman–Crippen LogP) is 3.56. The van der Waals surface area contributed by atoms with Crippen LogP contribution in [0.4, 0.5) is 0 Å². The van der Waals surface area contributed by atoms with Crippen molar-refractivity contribution < 1.29 is 13.9 Å². The second kappa shape index (κ2) is 6.72. The Labute approximate surface area is 149 Å². The molecule has 3 aromatic rings. The molecule has 0 spiro atoms. The van der Waals surface area contributed by atoms with E-state index in [0.29, 0.717) is 29.5 Å². The molecule has 1 fully saturated rings. The van der Waals surface area contributed by atoms with E-state index in [1.54, 1.807) is 11.0 Å². The zero-order valence-electron chi connectivity index (χ0n) is 13.4. The third-order valence-corrected chi connectivity index (χ3v) is 4.37. The van der Waals surface area contributed by atoms with Gasteiger partial charge in [0.2, 0.25) is 0 Å². The van der Waals surface area contributed by atoms with Crippen LogP contribution >= 0.6 is 11.6 Å². The summed E-state index contributed by atoms with van der Waals surface area (Å²) in [5.74, 6) is 0.228. The van der Waals surface area contributed by atoms with Gasteiger partial charge in [-0.2, -0.15) is 0 Å². The van der Waals surface area contributed by atoms with Crippen LogP contribution in [0.3, 0.4) is 0 Å². The number of likely N-dealkylation sites (tertiary alicyclic amines) is 1. The van der Waals surface area contributed by atoms with Gasteiger partial charge in [-0.3, -0.25) is 4.79 Å². The lowest BCUT2D eigenvalue weighted by Crippen LogP contribution is -2.44. The standard InChI is InChI=1S/C18H16ClN3O3/c19-13-9-20-18(21-10-13)24-14-5-3-7-22(11-14)17(23)16-8-12-4-1-2-6-15(12)25-16/h1-2,4,6,8-10,14H,3,5,7,11H2. The van der Waals surface area contributed by atoms with E-state index in [2.05, 4.69) is 9.97 Å². The van der Waals surface area contributed by atoms with Gasteiger partial charge >= 0.3 is 6.01 Å². The molecule has 2 aromatic heterocycles. The molecule has 0 saturated carbocycles. The molecule has 1 unspecified atom stereocenters. The van der Waals surface area contributed by atoms with Gasteiger partial charge in [-0.25, -0.2) is 9.97 Å². The van der Waals surface area contributed by atoms with Crippen molar-refractivity contribution in [1.29, 1.82) is 0 Å². The second-order valence-corrected chi connectivity index (χ2v) is 6.40. The van der Waals surface area contributed by atoms with E-state index in [-0.39, 0.29) is 18.0 Å². The molecule has 4 rings (SSSR count). The van der Waals surface area contributed by atoms with E-state index in [1.807, 2.05) is 24.3 Å². The maximum atomic E-state index is 12.7. The largest absolute Gasteiger partial charge is 0.458 e. The van der Waals surface area contributed by atoms with Crippen LogP contribution in [0.15, 0.2) is 47.1 Å². The first-order valence-corrected chi connectivity index (χ1v) is 8.49. The van der Waals surface area contributed by atoms with Crippen molar-refractivity contribution in [2.75, 3.05) is 13.1 Å². The Kier molecular flexibility index (Phi) is 4.28. The number of hydrogen-bond acceptors (Lipinski definition) is 5. The molecule has 1 saturated heterocycles. The number of nitrogens with zero attached hydrogens (tertiary/aromatic N) is 3. The molecule has 1 amide bonds. The molecule has 7 heteroatoms. The normalized spacial score (nSPS) is 17.6. The van der Waals surface area contributed by atoms with Crippen molar-refractivity contribution in [3.05, 3.63) is 53.5 Å². The highest BCUT2D eigenvalue weighted by molar-refractivity contribution is 6.30. The Morgan fingerprint density at radius 1 is 1.28 bits per heavy atom. The highest BCUT2D eigenvalue weighted by Crippen LogP contribution is 2.22. The molecule has 6 nitrogen and oxygen atoms in total. The fraction of sp³-hybridized carbons (Fsp3) is 0.278. The molecular formula is C18H16ClN3O3. The smallest absolute Gasteiger partial charge is 0.316 e. The molecule has 0 bridgehead atoms. The van der Waals surface area contributed by atoms with E-state index >= 15 is 0 Å². The molecule has 25 heavy (non-hydrogen) atoms. The third kappa shape index (κ3) is 3.44. The number of amides is 1. The summed E-state index contributed by atoms with van der Waals surface area (Å²) < 4.78 is 11.5. The Morgan fingerprint density at radius 2 is 2.08 bits per heavy atom. The van der Waals surface area contributed by atoms with Gasteiger partial charge in [0.1, 0.15) is 11.7 Å². The van der Waals surface area contributed by atoms with Crippen LogP contribution in [-0.4, -0.2) is 40.0 Å². The molecule has 0 aliphatic carbocycles. The molecular weight excluding hydrogens is 342 g/mol. The molecule has 3 heterocycles. The number of piperidine rings is 1. The van der Waals surface area contributed by atoms with Crippen molar-refractivity contribution in [1.82, 2.24) is 14.9 Å². The number of aromatic nitrogens is 2. The Hall–Kier alpha value is -2.60. The minimum atomic E-state index is -0.150. The average Bonchev–Trinajstić information content (AvgIpc) is 3.07. The second-order valence-electron chi connectivity index (χ2n) is 5.97. The van der Waals surface area contributed by atoms with E-state index in [9.17, 15) is 4.79 Å². The first kappa shape index (κ1) is 15.9. The van der Waals surface area contributed by atoms with Gasteiger partial charge in [-0.15, -0.1) is 0 Å². The fourth-order valence-corrected chi connectivity index (χ4v) is 3.07. The molecule has 1 aliphatic rings. The number of hydrogen-bond donors (Lipinski definition) is 0. The minimum Gasteiger partial charge on any atom is -0.458 e. The summed E-state index contributed by atoms with van der Waals surface area (Å²) in [6.07, 6.45) is 4.53. The average molecular weight is 358 g/mol. The Morgan fingerprint density at radius 3 is 2.88 bits per heavy atom. The van der Waals surface area contributed by atoms with Crippen LogP contribution in [0.1, 0.15) is 23.4 Å². The number of benzene rings is 1. The lowest BCUT2D eigenvalue weighted by molar-refractivity contribution is 0.0491. The van der Waals surface area contributed by atoms with Gasteiger partial charge in [0.05, 0.1) is 24.0 Å². The topological polar surface area (TPSA) is 68.5 Å². The molecule has 1 atom stereocenters. The number of furan rings is 1.